The van der Waals surface area contributed by atoms with Gasteiger partial charge in [-0.2, -0.15) is 0 Å². The minimum absolute atomic E-state index is 0.206. The lowest BCUT2D eigenvalue weighted by atomic mass is 9.97. The summed E-state index contributed by atoms with van der Waals surface area (Å²) in [4.78, 5) is 0. The van der Waals surface area contributed by atoms with E-state index in [9.17, 15) is 13.2 Å². The maximum Gasteiger partial charge on any atom is 0.164 e. The zero-order valence-corrected chi connectivity index (χ0v) is 10.7. The summed E-state index contributed by atoms with van der Waals surface area (Å²) in [5, 5.41) is 2.91. The zero-order chi connectivity index (χ0) is 14.0. The van der Waals surface area contributed by atoms with Gasteiger partial charge in [0, 0.05) is 5.56 Å². The third-order valence-electron chi connectivity index (χ3n) is 3.11. The van der Waals surface area contributed by atoms with Crippen LogP contribution in [0.25, 0.3) is 0 Å². The van der Waals surface area contributed by atoms with Crippen molar-refractivity contribution >= 4 is 0 Å². The van der Waals surface area contributed by atoms with Gasteiger partial charge in [-0.05, 0) is 37.2 Å². The summed E-state index contributed by atoms with van der Waals surface area (Å²) in [6.45, 7) is 1.51. The van der Waals surface area contributed by atoms with E-state index in [-0.39, 0.29) is 16.9 Å². The quantitative estimate of drug-likeness (QED) is 0.891. The molecule has 2 aromatic rings. The Balaban J connectivity index is 2.48. The molecule has 4 heteroatoms. The molecule has 0 bridgehead atoms. The molecule has 0 spiro atoms. The Hall–Kier alpha value is -1.81. The average molecular weight is 265 g/mol. The van der Waals surface area contributed by atoms with E-state index < -0.39 is 17.7 Å². The van der Waals surface area contributed by atoms with Crippen LogP contribution in [-0.2, 0) is 0 Å². The first-order valence-corrected chi connectivity index (χ1v) is 5.92. The first-order valence-electron chi connectivity index (χ1n) is 5.92. The van der Waals surface area contributed by atoms with Crippen LogP contribution >= 0.6 is 0 Å². The van der Waals surface area contributed by atoms with Crippen LogP contribution in [0.15, 0.2) is 36.4 Å². The molecule has 2 aromatic carbocycles. The molecule has 19 heavy (non-hydrogen) atoms. The molecule has 0 radical (unpaired) electrons. The molecular weight excluding hydrogens is 251 g/mol. The van der Waals surface area contributed by atoms with Crippen LogP contribution in [0.3, 0.4) is 0 Å². The highest BCUT2D eigenvalue weighted by molar-refractivity contribution is 5.35. The summed E-state index contributed by atoms with van der Waals surface area (Å²) in [5.41, 5.74) is 1.14. The molecule has 0 aromatic heterocycles. The lowest BCUT2D eigenvalue weighted by Crippen LogP contribution is -2.19. The van der Waals surface area contributed by atoms with E-state index in [1.165, 1.54) is 31.2 Å². The Morgan fingerprint density at radius 3 is 2.11 bits per heavy atom. The number of halogens is 3. The Kier molecular flexibility index (Phi) is 3.90. The monoisotopic (exact) mass is 265 g/mol. The number of rotatable bonds is 3. The van der Waals surface area contributed by atoms with Gasteiger partial charge < -0.3 is 5.32 Å². The number of aryl methyl sites for hydroxylation is 1. The number of benzene rings is 2. The Morgan fingerprint density at radius 1 is 0.895 bits per heavy atom. The average Bonchev–Trinajstić information content (AvgIpc) is 2.41. The highest BCUT2D eigenvalue weighted by Crippen LogP contribution is 2.26. The Bertz CT molecular complexity index is 579. The summed E-state index contributed by atoms with van der Waals surface area (Å²) in [5.74, 6) is -2.09. The van der Waals surface area contributed by atoms with Crippen LogP contribution in [-0.4, -0.2) is 7.05 Å². The number of hydrogen-bond donors (Lipinski definition) is 1. The number of nitrogens with one attached hydrogen (secondary N) is 1. The molecule has 1 N–H and O–H groups in total. The second-order valence-corrected chi connectivity index (χ2v) is 4.37. The summed E-state index contributed by atoms with van der Waals surface area (Å²) in [7, 11) is 1.64. The lowest BCUT2D eigenvalue weighted by Gasteiger charge is -2.18. The topological polar surface area (TPSA) is 12.0 Å². The molecule has 0 aliphatic heterocycles. The zero-order valence-electron chi connectivity index (χ0n) is 10.7. The van der Waals surface area contributed by atoms with Crippen molar-refractivity contribution in [3.63, 3.8) is 0 Å². The highest BCUT2D eigenvalue weighted by atomic mass is 19.2. The van der Waals surface area contributed by atoms with E-state index in [4.69, 9.17) is 0 Å². The van der Waals surface area contributed by atoms with Gasteiger partial charge in [0.25, 0.3) is 0 Å². The van der Waals surface area contributed by atoms with Crippen molar-refractivity contribution in [1.82, 2.24) is 5.32 Å². The molecule has 0 aliphatic rings. The van der Waals surface area contributed by atoms with Crippen LogP contribution < -0.4 is 5.32 Å². The van der Waals surface area contributed by atoms with Crippen molar-refractivity contribution in [3.05, 3.63) is 70.5 Å². The van der Waals surface area contributed by atoms with Gasteiger partial charge in [0.15, 0.2) is 11.6 Å². The third kappa shape index (κ3) is 2.63. The van der Waals surface area contributed by atoms with Crippen LogP contribution in [0, 0.1) is 24.4 Å². The second-order valence-electron chi connectivity index (χ2n) is 4.37. The normalized spacial score (nSPS) is 12.5. The molecule has 1 unspecified atom stereocenters. The first-order chi connectivity index (χ1) is 9.04. The third-order valence-corrected chi connectivity index (χ3v) is 3.11. The molecule has 0 fully saturated rings. The molecule has 1 atom stereocenters. The molecule has 1 nitrogen and oxygen atoms in total. The Labute approximate surface area is 110 Å². The fourth-order valence-electron chi connectivity index (χ4n) is 2.04. The molecule has 0 saturated carbocycles. The van der Waals surface area contributed by atoms with Crippen molar-refractivity contribution in [1.29, 1.82) is 0 Å². The van der Waals surface area contributed by atoms with E-state index >= 15 is 0 Å². The van der Waals surface area contributed by atoms with Crippen molar-refractivity contribution in [3.8, 4) is 0 Å². The second kappa shape index (κ2) is 5.45. The minimum atomic E-state index is -0.872. The Morgan fingerprint density at radius 2 is 1.53 bits per heavy atom. The van der Waals surface area contributed by atoms with E-state index in [1.807, 2.05) is 0 Å². The van der Waals surface area contributed by atoms with Gasteiger partial charge >= 0.3 is 0 Å². The van der Waals surface area contributed by atoms with E-state index in [0.29, 0.717) is 5.56 Å². The molecule has 0 amide bonds. The van der Waals surface area contributed by atoms with Crippen LogP contribution in [0.1, 0.15) is 22.7 Å². The van der Waals surface area contributed by atoms with Gasteiger partial charge in [0.1, 0.15) is 5.82 Å². The molecule has 0 saturated heterocycles. The van der Waals surface area contributed by atoms with Crippen molar-refractivity contribution in [2.24, 2.45) is 0 Å². The van der Waals surface area contributed by atoms with Gasteiger partial charge in [0.05, 0.1) is 6.04 Å². The molecule has 0 aliphatic carbocycles. The SMILES string of the molecule is CNC(c1ccc(F)cc1)c1ccc(C)c(F)c1F. The predicted octanol–water partition coefficient (Wildman–Crippen LogP) is 3.72. The van der Waals surface area contributed by atoms with Crippen molar-refractivity contribution < 1.29 is 13.2 Å². The largest absolute Gasteiger partial charge is 0.309 e. The van der Waals surface area contributed by atoms with Crippen LogP contribution in [0.5, 0.6) is 0 Å². The molecular formula is C15H14F3N. The van der Waals surface area contributed by atoms with E-state index in [0.717, 1.165) is 0 Å². The van der Waals surface area contributed by atoms with Crippen molar-refractivity contribution in [2.75, 3.05) is 7.05 Å². The summed E-state index contributed by atoms with van der Waals surface area (Å²) < 4.78 is 40.5. The van der Waals surface area contributed by atoms with Gasteiger partial charge in [-0.1, -0.05) is 24.3 Å². The lowest BCUT2D eigenvalue weighted by molar-refractivity contribution is 0.482. The minimum Gasteiger partial charge on any atom is -0.309 e. The summed E-state index contributed by atoms with van der Waals surface area (Å²) in [6.07, 6.45) is 0. The number of hydrogen-bond acceptors (Lipinski definition) is 1. The first kappa shape index (κ1) is 13.6. The van der Waals surface area contributed by atoms with Gasteiger partial charge in [-0.3, -0.25) is 0 Å². The van der Waals surface area contributed by atoms with Gasteiger partial charge in [-0.15, -0.1) is 0 Å². The smallest absolute Gasteiger partial charge is 0.164 e. The standard InChI is InChI=1S/C15H14F3N/c1-9-3-8-12(14(18)13(9)17)15(19-2)10-4-6-11(16)7-5-10/h3-8,15,19H,1-2H3. The van der Waals surface area contributed by atoms with E-state index in [1.54, 1.807) is 19.2 Å². The van der Waals surface area contributed by atoms with Gasteiger partial charge in [0.2, 0.25) is 0 Å². The maximum atomic E-state index is 14.0. The fourth-order valence-corrected chi connectivity index (χ4v) is 2.04. The molecule has 0 heterocycles. The summed E-state index contributed by atoms with van der Waals surface area (Å²) in [6, 6.07) is 8.24. The molecule has 2 rings (SSSR count). The van der Waals surface area contributed by atoms with Gasteiger partial charge in [-0.25, -0.2) is 13.2 Å². The highest BCUT2D eigenvalue weighted by Gasteiger charge is 2.19. The molecule has 100 valence electrons. The van der Waals surface area contributed by atoms with E-state index in [2.05, 4.69) is 5.32 Å². The maximum absolute atomic E-state index is 14.0. The van der Waals surface area contributed by atoms with Crippen LogP contribution in [0.4, 0.5) is 13.2 Å². The van der Waals surface area contributed by atoms with Crippen LogP contribution in [0.2, 0.25) is 0 Å². The predicted molar refractivity (Wildman–Crippen MR) is 68.4 cm³/mol. The summed E-state index contributed by atoms with van der Waals surface area (Å²) >= 11 is 0. The van der Waals surface area contributed by atoms with Crippen molar-refractivity contribution in [2.45, 2.75) is 13.0 Å². The fraction of sp³-hybridized carbons (Fsp3) is 0.200.